The molecule has 2 unspecified atom stereocenters. The zero-order chi connectivity index (χ0) is 22.4. The Kier molecular flexibility index (Phi) is 31.2. The second-order valence-corrected chi connectivity index (χ2v) is 5.45. The molecule has 0 radical (unpaired) electrons. The van der Waals surface area contributed by atoms with Crippen LogP contribution in [0.15, 0.2) is 48.4 Å². The van der Waals surface area contributed by atoms with Crippen LogP contribution in [0.2, 0.25) is 0 Å². The van der Waals surface area contributed by atoms with Gasteiger partial charge in [0.15, 0.2) is 0 Å². The summed E-state index contributed by atoms with van der Waals surface area (Å²) in [6.07, 6.45) is 9.96. The first-order chi connectivity index (χ1) is 13.4. The maximum atomic E-state index is 13.4. The molecule has 1 N–H and O–H groups in total. The summed E-state index contributed by atoms with van der Waals surface area (Å²) in [4.78, 5) is 20.3. The van der Waals surface area contributed by atoms with Gasteiger partial charge in [-0.15, -0.1) is 0 Å². The fraction of sp³-hybridized carbons (Fsp3) is 0.545. The van der Waals surface area contributed by atoms with E-state index in [4.69, 9.17) is 4.79 Å². The Balaban J connectivity index is -0.000000395. The number of nitrogens with one attached hydrogen (secondary N) is 1. The molecule has 0 heterocycles. The zero-order valence-corrected chi connectivity index (χ0v) is 20.0. The highest BCUT2D eigenvalue weighted by Gasteiger charge is 2.13. The molecular weight excluding hydrogens is 393 g/mol. The van der Waals surface area contributed by atoms with Gasteiger partial charge in [0, 0.05) is 12.6 Å². The molecule has 2 atom stereocenters. The zero-order valence-electron chi connectivity index (χ0n) is 19.0. The number of rotatable bonds is 11. The summed E-state index contributed by atoms with van der Waals surface area (Å²) in [7, 11) is 2.70. The van der Waals surface area contributed by atoms with E-state index in [0.29, 0.717) is 18.6 Å². The fourth-order valence-corrected chi connectivity index (χ4v) is 1.70. The van der Waals surface area contributed by atoms with Crippen molar-refractivity contribution in [1.82, 2.24) is 5.32 Å². The lowest BCUT2D eigenvalue weighted by atomic mass is 10.1. The van der Waals surface area contributed by atoms with Gasteiger partial charge in [0.2, 0.25) is 0 Å². The second-order valence-electron chi connectivity index (χ2n) is 5.45. The number of ether oxygens (including phenoxy) is 2. The van der Waals surface area contributed by atoms with E-state index in [0.717, 1.165) is 12.8 Å². The van der Waals surface area contributed by atoms with Gasteiger partial charge in [-0.1, -0.05) is 59.4 Å². The van der Waals surface area contributed by atoms with Gasteiger partial charge in [-0.05, 0) is 30.6 Å². The van der Waals surface area contributed by atoms with E-state index in [1.807, 2.05) is 40.7 Å². The largest absolute Gasteiger partial charge is 0.471 e. The first-order valence-electron chi connectivity index (χ1n) is 9.54. The normalized spacial score (nSPS) is 12.5. The monoisotopic (exact) mass is 433 g/mol. The van der Waals surface area contributed by atoms with Crippen molar-refractivity contribution < 1.29 is 23.5 Å². The quantitative estimate of drug-likeness (QED) is 0.281. The van der Waals surface area contributed by atoms with Gasteiger partial charge in [-0.2, -0.15) is 13.5 Å². The predicted octanol–water partition coefficient (Wildman–Crippen LogP) is 5.02. The molecule has 0 saturated heterocycles. The number of carbonyl (C=O) groups is 2. The van der Waals surface area contributed by atoms with Crippen LogP contribution in [-0.2, 0) is 19.1 Å². The van der Waals surface area contributed by atoms with Crippen LogP contribution >= 0.6 is 13.5 Å². The first kappa shape index (κ1) is 34.6. The van der Waals surface area contributed by atoms with Crippen molar-refractivity contribution in [2.45, 2.75) is 53.5 Å². The van der Waals surface area contributed by atoms with Crippen LogP contribution in [0, 0.1) is 5.92 Å². The summed E-state index contributed by atoms with van der Waals surface area (Å²) >= 11 is 0. The highest BCUT2D eigenvalue weighted by molar-refractivity contribution is 7.59. The third-order valence-corrected chi connectivity index (χ3v) is 3.20. The third kappa shape index (κ3) is 24.1. The summed E-state index contributed by atoms with van der Waals surface area (Å²) in [6, 6.07) is 0.103. The van der Waals surface area contributed by atoms with Gasteiger partial charge in [-0.25, -0.2) is 4.39 Å². The number of methoxy groups -OCH3 is 2. The average molecular weight is 434 g/mol. The molecule has 0 amide bonds. The standard InChI is InChI=1S/C18H28FNO2.C2H4O2.C2H6.H2S/c1-6-8-9-16(19)12-14(3)10-11-17(7-2)20-13-15(4)18(21)22-5;1-4-2-3;1-2;/h8-12,15,17,20H,3,6-7,13H2,1-2,4-5H3;2H,1H3;1-2H3;1H2/b9-8-,11-10-,16-12+;;;. The van der Waals surface area contributed by atoms with Crippen molar-refractivity contribution in [1.29, 1.82) is 0 Å². The molecule has 0 saturated carbocycles. The molecule has 0 aliphatic carbocycles. The van der Waals surface area contributed by atoms with Crippen LogP contribution in [0.5, 0.6) is 0 Å². The SMILES string of the molecule is C=C(/C=C\C(CC)NCC(C)C(=O)OC)/C=C(F)\C=C/CC.CC.COC=O.S. The van der Waals surface area contributed by atoms with Crippen LogP contribution in [0.3, 0.4) is 0 Å². The average Bonchev–Trinajstić information content (AvgIpc) is 2.72. The summed E-state index contributed by atoms with van der Waals surface area (Å²) in [6.45, 7) is 14.5. The smallest absolute Gasteiger partial charge is 0.309 e. The predicted molar refractivity (Wildman–Crippen MR) is 125 cm³/mol. The maximum Gasteiger partial charge on any atom is 0.309 e. The van der Waals surface area contributed by atoms with Crippen LogP contribution in [-0.4, -0.2) is 39.2 Å². The molecule has 0 spiro atoms. The molecule has 0 aromatic heterocycles. The Morgan fingerprint density at radius 1 is 1.21 bits per heavy atom. The number of halogens is 1. The lowest BCUT2D eigenvalue weighted by molar-refractivity contribution is -0.144. The number of hydrogen-bond acceptors (Lipinski definition) is 5. The van der Waals surface area contributed by atoms with Crippen molar-refractivity contribution in [3.63, 3.8) is 0 Å². The summed E-state index contributed by atoms with van der Waals surface area (Å²) in [5.74, 6) is -0.743. The molecular formula is C22H40FNO4S. The molecule has 0 rings (SSSR count). The Hall–Kier alpha value is -1.86. The molecule has 0 aromatic rings. The van der Waals surface area contributed by atoms with Crippen LogP contribution in [0.25, 0.3) is 0 Å². The highest BCUT2D eigenvalue weighted by Crippen LogP contribution is 2.07. The lowest BCUT2D eigenvalue weighted by Crippen LogP contribution is -2.33. The molecule has 0 aromatic carbocycles. The number of carbonyl (C=O) groups excluding carboxylic acids is 2. The molecule has 5 nitrogen and oxygen atoms in total. The van der Waals surface area contributed by atoms with Gasteiger partial charge >= 0.3 is 5.97 Å². The van der Waals surface area contributed by atoms with Crippen molar-refractivity contribution in [3.05, 3.63) is 48.4 Å². The summed E-state index contributed by atoms with van der Waals surface area (Å²) in [5.41, 5.74) is 0.597. The summed E-state index contributed by atoms with van der Waals surface area (Å²) < 4.78 is 22.0. The van der Waals surface area contributed by atoms with Crippen molar-refractivity contribution in [2.75, 3.05) is 20.8 Å². The molecule has 0 aliphatic rings. The Bertz CT molecular complexity index is 505. The minimum Gasteiger partial charge on any atom is -0.471 e. The topological polar surface area (TPSA) is 64.6 Å². The first-order valence-corrected chi connectivity index (χ1v) is 9.54. The van der Waals surface area contributed by atoms with E-state index in [-0.39, 0.29) is 37.3 Å². The number of hydrogen-bond donors (Lipinski definition) is 1. The van der Waals surface area contributed by atoms with Gasteiger partial charge in [0.25, 0.3) is 6.47 Å². The van der Waals surface area contributed by atoms with Crippen LogP contribution < -0.4 is 5.32 Å². The van der Waals surface area contributed by atoms with E-state index >= 15 is 0 Å². The fourth-order valence-electron chi connectivity index (χ4n) is 1.70. The van der Waals surface area contributed by atoms with Crippen molar-refractivity contribution in [3.8, 4) is 0 Å². The lowest BCUT2D eigenvalue weighted by Gasteiger charge is -2.16. The maximum absolute atomic E-state index is 13.4. The molecule has 170 valence electrons. The third-order valence-electron chi connectivity index (χ3n) is 3.20. The van der Waals surface area contributed by atoms with Gasteiger partial charge in [0.05, 0.1) is 20.1 Å². The molecule has 0 bridgehead atoms. The molecule has 29 heavy (non-hydrogen) atoms. The minimum absolute atomic E-state index is 0. The Morgan fingerprint density at radius 3 is 2.17 bits per heavy atom. The number of esters is 1. The van der Waals surface area contributed by atoms with E-state index < -0.39 is 0 Å². The molecule has 7 heteroatoms. The van der Waals surface area contributed by atoms with E-state index in [1.54, 1.807) is 12.2 Å². The Morgan fingerprint density at radius 2 is 1.76 bits per heavy atom. The minimum atomic E-state index is -0.308. The van der Waals surface area contributed by atoms with Gasteiger partial charge < -0.3 is 14.8 Å². The van der Waals surface area contributed by atoms with Crippen LogP contribution in [0.4, 0.5) is 4.39 Å². The highest BCUT2D eigenvalue weighted by atomic mass is 32.1. The Labute approximate surface area is 183 Å². The second kappa shape index (κ2) is 26.1. The summed E-state index contributed by atoms with van der Waals surface area (Å²) in [5, 5.41) is 3.27. The number of allylic oxidation sites excluding steroid dienone is 6. The van der Waals surface area contributed by atoms with E-state index in [2.05, 4.69) is 21.4 Å². The van der Waals surface area contributed by atoms with Gasteiger partial charge in [-0.3, -0.25) is 9.59 Å². The van der Waals surface area contributed by atoms with Crippen LogP contribution in [0.1, 0.15) is 47.5 Å². The molecule has 0 aliphatic heterocycles. The van der Waals surface area contributed by atoms with E-state index in [1.165, 1.54) is 26.4 Å². The van der Waals surface area contributed by atoms with E-state index in [9.17, 15) is 9.18 Å². The molecule has 0 fully saturated rings. The van der Waals surface area contributed by atoms with Crippen molar-refractivity contribution in [2.24, 2.45) is 5.92 Å². The van der Waals surface area contributed by atoms with Crippen molar-refractivity contribution >= 4 is 25.9 Å². The van der Waals surface area contributed by atoms with Gasteiger partial charge in [0.1, 0.15) is 5.83 Å².